The number of aliphatic imine (C=N–C) groups is 2. The van der Waals surface area contributed by atoms with E-state index in [1.54, 1.807) is 53.6 Å². The highest BCUT2D eigenvalue weighted by molar-refractivity contribution is 6.33. The number of carbonyl (C=O) groups excluding carboxylic acids is 2. The number of guanidine groups is 1. The minimum absolute atomic E-state index is 0.0584. The molecule has 0 fully saturated rings. The lowest BCUT2D eigenvalue weighted by Gasteiger charge is -2.29. The van der Waals surface area contributed by atoms with E-state index in [0.29, 0.717) is 11.3 Å². The summed E-state index contributed by atoms with van der Waals surface area (Å²) < 4.78 is 72.2. The van der Waals surface area contributed by atoms with Crippen molar-refractivity contribution in [1.82, 2.24) is 20.0 Å². The van der Waals surface area contributed by atoms with Gasteiger partial charge in [-0.25, -0.2) is 14.8 Å². The molecule has 2 unspecified atom stereocenters. The number of nitrogens with one attached hydrogen (secondary N) is 1. The van der Waals surface area contributed by atoms with Gasteiger partial charge < -0.3 is 15.8 Å². The topological polar surface area (TPSA) is 143 Å². The summed E-state index contributed by atoms with van der Waals surface area (Å²) in [4.78, 5) is 34.4. The molecule has 45 heavy (non-hydrogen) atoms. The highest BCUT2D eigenvalue weighted by atomic mass is 35.5. The smallest absolute Gasteiger partial charge is 0.407 e. The van der Waals surface area contributed by atoms with Crippen LogP contribution in [-0.2, 0) is 16.6 Å². The van der Waals surface area contributed by atoms with E-state index in [2.05, 4.69) is 26.9 Å². The summed E-state index contributed by atoms with van der Waals surface area (Å²) in [7, 11) is 1.77. The molecule has 12 nitrogen and oxygen atoms in total. The minimum atomic E-state index is -4.72. The van der Waals surface area contributed by atoms with Gasteiger partial charge in [0, 0.05) is 18.8 Å². The summed E-state index contributed by atoms with van der Waals surface area (Å²) in [5.74, 6) is -1.00. The third-order valence-corrected chi connectivity index (χ3v) is 6.70. The lowest BCUT2D eigenvalue weighted by atomic mass is 10.0. The van der Waals surface area contributed by atoms with Gasteiger partial charge in [-0.3, -0.25) is 19.4 Å². The van der Waals surface area contributed by atoms with Crippen LogP contribution >= 0.6 is 11.6 Å². The van der Waals surface area contributed by atoms with Crippen LogP contribution in [0.25, 0.3) is 11.3 Å². The number of aryl methyl sites for hydroxylation is 1. The predicted octanol–water partition coefficient (Wildman–Crippen LogP) is 4.64. The molecule has 1 aromatic heterocycles. The zero-order chi connectivity index (χ0) is 32.9. The van der Waals surface area contributed by atoms with Gasteiger partial charge in [0.1, 0.15) is 19.5 Å². The quantitative estimate of drug-likeness (QED) is 0.102. The Bertz CT molecular complexity index is 1610. The van der Waals surface area contributed by atoms with Gasteiger partial charge in [0.25, 0.3) is 5.91 Å². The van der Waals surface area contributed by atoms with Crippen molar-refractivity contribution in [3.8, 4) is 11.3 Å². The summed E-state index contributed by atoms with van der Waals surface area (Å²) in [5.41, 5.74) is 7.79. The molecule has 1 aliphatic rings. The minimum Gasteiger partial charge on any atom is -0.447 e. The molecule has 2 aromatic carbocycles. The van der Waals surface area contributed by atoms with Crippen LogP contribution < -0.4 is 16.1 Å². The van der Waals surface area contributed by atoms with Crippen molar-refractivity contribution in [2.45, 2.75) is 24.8 Å². The molecule has 0 saturated heterocycles. The van der Waals surface area contributed by atoms with Crippen molar-refractivity contribution in [2.24, 2.45) is 27.9 Å². The summed E-state index contributed by atoms with van der Waals surface area (Å²) >= 11 is 6.18. The average Bonchev–Trinajstić information content (AvgIpc) is 3.55. The van der Waals surface area contributed by atoms with Crippen molar-refractivity contribution in [1.29, 1.82) is 0 Å². The molecule has 0 bridgehead atoms. The lowest BCUT2D eigenvalue weighted by molar-refractivity contribution is -0.129. The molecule has 4 rings (SSSR count). The number of carbonyl (C=O) groups is 2. The molecule has 3 aromatic rings. The number of hydrazone groups is 1. The number of hydrogen-bond acceptors (Lipinski definition) is 8. The second-order valence-corrected chi connectivity index (χ2v) is 9.83. The normalized spacial score (nSPS) is 15.8. The molecule has 2 heterocycles. The van der Waals surface area contributed by atoms with E-state index < -0.39 is 50.0 Å². The maximum atomic E-state index is 13.9. The number of ether oxygens (including phenoxy) is 1. The average molecular weight is 654 g/mol. The van der Waals surface area contributed by atoms with Crippen molar-refractivity contribution in [2.75, 3.05) is 18.2 Å². The van der Waals surface area contributed by atoms with Crippen LogP contribution in [0.15, 0.2) is 69.8 Å². The van der Waals surface area contributed by atoms with Crippen molar-refractivity contribution in [3.05, 3.63) is 70.9 Å². The van der Waals surface area contributed by atoms with Crippen molar-refractivity contribution >= 4 is 48.3 Å². The summed E-state index contributed by atoms with van der Waals surface area (Å²) in [6.07, 6.45) is -3.65. The Morgan fingerprint density at radius 1 is 1.24 bits per heavy atom. The van der Waals surface area contributed by atoms with Gasteiger partial charge in [-0.2, -0.15) is 32.2 Å². The number of halogens is 6. The Kier molecular flexibility index (Phi) is 10.0. The number of anilines is 1. The molecule has 0 aliphatic carbocycles. The molecule has 2 atom stereocenters. The number of amides is 2. The van der Waals surface area contributed by atoms with Crippen LogP contribution in [0.3, 0.4) is 0 Å². The Labute approximate surface area is 257 Å². The number of nitrogens with two attached hydrogens (primary N) is 1. The van der Waals surface area contributed by atoms with Gasteiger partial charge >= 0.3 is 18.8 Å². The van der Waals surface area contributed by atoms with Crippen molar-refractivity contribution < 1.29 is 36.3 Å². The van der Waals surface area contributed by atoms with Gasteiger partial charge in [0.15, 0.2) is 12.0 Å². The third kappa shape index (κ3) is 7.91. The number of hydrogen-bond donors (Lipinski definition) is 2. The van der Waals surface area contributed by atoms with E-state index in [0.717, 1.165) is 22.9 Å². The van der Waals surface area contributed by atoms with Crippen LogP contribution in [0.5, 0.6) is 0 Å². The van der Waals surface area contributed by atoms with Crippen LogP contribution in [0.2, 0.25) is 5.02 Å². The molecule has 3 N–H and O–H groups in total. The lowest BCUT2D eigenvalue weighted by Crippen LogP contribution is -2.44. The molecule has 238 valence electrons. The van der Waals surface area contributed by atoms with E-state index in [-0.39, 0.29) is 27.2 Å². The molecule has 0 saturated carbocycles. The maximum absolute atomic E-state index is 13.9. The van der Waals surface area contributed by atoms with Gasteiger partial charge in [0.2, 0.25) is 0 Å². The highest BCUT2D eigenvalue weighted by Crippen LogP contribution is 2.37. The molecule has 0 radical (unpaired) electrons. The number of alkyl carbamates (subject to hydrolysis) is 1. The third-order valence-electron chi connectivity index (χ3n) is 6.38. The Morgan fingerprint density at radius 2 is 1.96 bits per heavy atom. The Hall–Kier alpha value is -5.06. The van der Waals surface area contributed by atoms with Crippen LogP contribution in [0.4, 0.5) is 32.4 Å². The molecule has 0 spiro atoms. The molecule has 2 amide bonds. The molecule has 18 heteroatoms. The SMILES string of the molecule is C=N/C=N\N(c1cc(C(COC(=O)NCC(F)(F)F)N2C(=O)C(c3ccc(-c4ccn(C)n4)cc3)N=C2N)ccc1Cl)C(F)F. The van der Waals surface area contributed by atoms with E-state index >= 15 is 0 Å². The predicted molar refractivity (Wildman–Crippen MR) is 156 cm³/mol. The monoisotopic (exact) mass is 653 g/mol. The number of benzene rings is 2. The van der Waals surface area contributed by atoms with Gasteiger partial charge in [0.05, 0.1) is 22.4 Å². The standard InChI is InChI=1S/C27H25ClF5N9O3/c1-35-14-37-42(24(29)30)20-11-17(7-8-18(20)28)21(12-45-26(44)36-13-27(31,32)33)41-23(43)22(38-25(41)34)16-5-3-15(4-6-16)19-9-10-40(2)39-19/h3-11,14,21-22,24H,1,12-13H2,2H3,(H2,34,38)(H,36,44)/b37-14-. The fraction of sp³-hybridized carbons (Fsp3) is 0.259. The zero-order valence-electron chi connectivity index (χ0n) is 23.3. The molecule has 1 aliphatic heterocycles. The maximum Gasteiger partial charge on any atom is 0.407 e. The van der Waals surface area contributed by atoms with Crippen LogP contribution in [0, 0.1) is 0 Å². The fourth-order valence-corrected chi connectivity index (χ4v) is 4.55. The number of nitrogens with zero attached hydrogens (tertiary/aromatic N) is 7. The summed E-state index contributed by atoms with van der Waals surface area (Å²) in [5, 5.41) is 9.44. The van der Waals surface area contributed by atoms with Gasteiger partial charge in [-0.1, -0.05) is 41.9 Å². The molecular formula is C27H25ClF5N9O3. The summed E-state index contributed by atoms with van der Waals surface area (Å²) in [6, 6.07) is 9.76. The van der Waals surface area contributed by atoms with Gasteiger partial charge in [-0.05, 0) is 36.0 Å². The summed E-state index contributed by atoms with van der Waals surface area (Å²) in [6.45, 7) is -2.48. The first-order chi connectivity index (χ1) is 21.3. The second-order valence-electron chi connectivity index (χ2n) is 9.42. The second kappa shape index (κ2) is 13.7. The van der Waals surface area contributed by atoms with E-state index in [1.165, 1.54) is 12.1 Å². The largest absolute Gasteiger partial charge is 0.447 e. The number of alkyl halides is 5. The highest BCUT2D eigenvalue weighted by Gasteiger charge is 2.40. The van der Waals surface area contributed by atoms with Crippen LogP contribution in [-0.4, -0.2) is 71.6 Å². The number of rotatable bonds is 11. The fourth-order valence-electron chi connectivity index (χ4n) is 4.35. The van der Waals surface area contributed by atoms with Crippen molar-refractivity contribution in [3.63, 3.8) is 0 Å². The molecular weight excluding hydrogens is 629 g/mol. The van der Waals surface area contributed by atoms with E-state index in [9.17, 15) is 31.5 Å². The number of aromatic nitrogens is 2. The Balaban J connectivity index is 1.67. The first-order valence-corrected chi connectivity index (χ1v) is 13.3. The Morgan fingerprint density at radius 3 is 2.56 bits per heavy atom. The van der Waals surface area contributed by atoms with Gasteiger partial charge in [-0.15, -0.1) is 0 Å². The van der Waals surface area contributed by atoms with E-state index in [4.69, 9.17) is 22.1 Å². The van der Waals surface area contributed by atoms with E-state index in [1.807, 2.05) is 0 Å². The first-order valence-electron chi connectivity index (χ1n) is 12.9. The zero-order valence-corrected chi connectivity index (χ0v) is 24.1. The first kappa shape index (κ1) is 32.8. The van der Waals surface area contributed by atoms with Crippen LogP contribution in [0.1, 0.15) is 23.2 Å².